The van der Waals surface area contributed by atoms with Crippen LogP contribution in [0.2, 0.25) is 0 Å². The van der Waals surface area contributed by atoms with Gasteiger partial charge in [0.2, 0.25) is 5.88 Å². The van der Waals surface area contributed by atoms with Gasteiger partial charge in [0.05, 0.1) is 11.3 Å². The number of nitrogens with zero attached hydrogens (tertiary/aromatic N) is 2. The van der Waals surface area contributed by atoms with E-state index < -0.39 is 0 Å². The van der Waals surface area contributed by atoms with Gasteiger partial charge in [-0.2, -0.15) is 5.10 Å². The fraction of sp³-hybridized carbons (Fsp3) is 0.438. The van der Waals surface area contributed by atoms with Gasteiger partial charge < -0.3 is 10.5 Å². The Labute approximate surface area is 120 Å². The second kappa shape index (κ2) is 5.29. The molecular weight excluding hydrogens is 250 g/mol. The van der Waals surface area contributed by atoms with Crippen LogP contribution in [0.25, 0.3) is 0 Å². The van der Waals surface area contributed by atoms with Crippen molar-refractivity contribution in [3.05, 3.63) is 41.1 Å². The molecular formula is C16H23N3O. The van der Waals surface area contributed by atoms with Crippen molar-refractivity contribution >= 4 is 0 Å². The van der Waals surface area contributed by atoms with Crippen LogP contribution in [0.3, 0.4) is 0 Å². The summed E-state index contributed by atoms with van der Waals surface area (Å²) in [5.74, 6) is 1.52. The second-order valence-electron chi connectivity index (χ2n) is 6.07. The Morgan fingerprint density at radius 3 is 2.30 bits per heavy atom. The Bertz CT molecular complexity index is 591. The van der Waals surface area contributed by atoms with Gasteiger partial charge >= 0.3 is 0 Å². The quantitative estimate of drug-likeness (QED) is 0.933. The number of nitrogens with two attached hydrogens (primary N) is 1. The molecule has 0 aliphatic heterocycles. The van der Waals surface area contributed by atoms with Gasteiger partial charge in [-0.1, -0.05) is 32.9 Å². The van der Waals surface area contributed by atoms with Crippen LogP contribution in [0.5, 0.6) is 11.6 Å². The zero-order chi connectivity index (χ0) is 14.9. The van der Waals surface area contributed by atoms with Gasteiger partial charge in [0.1, 0.15) is 5.75 Å². The number of rotatable bonds is 3. The average molecular weight is 273 g/mol. The van der Waals surface area contributed by atoms with Crippen LogP contribution in [0.1, 0.15) is 37.6 Å². The summed E-state index contributed by atoms with van der Waals surface area (Å²) >= 11 is 0. The predicted molar refractivity (Wildman–Crippen MR) is 81.1 cm³/mol. The van der Waals surface area contributed by atoms with E-state index in [0.29, 0.717) is 12.4 Å². The van der Waals surface area contributed by atoms with Gasteiger partial charge in [0.25, 0.3) is 0 Å². The molecule has 4 nitrogen and oxygen atoms in total. The van der Waals surface area contributed by atoms with Gasteiger partial charge in [0.15, 0.2) is 0 Å². The molecule has 108 valence electrons. The van der Waals surface area contributed by atoms with Crippen LogP contribution < -0.4 is 10.5 Å². The molecule has 1 aromatic heterocycles. The number of hydrogen-bond acceptors (Lipinski definition) is 3. The minimum atomic E-state index is 0.143. The first kappa shape index (κ1) is 14.6. The minimum Gasteiger partial charge on any atom is -0.439 e. The number of aryl methyl sites for hydroxylation is 2. The third-order valence-electron chi connectivity index (χ3n) is 3.43. The summed E-state index contributed by atoms with van der Waals surface area (Å²) in [6.07, 6.45) is 0. The van der Waals surface area contributed by atoms with Crippen LogP contribution in [0.4, 0.5) is 0 Å². The number of aromatic nitrogens is 2. The molecule has 0 aliphatic rings. The Kier molecular flexibility index (Phi) is 3.86. The average Bonchev–Trinajstić information content (AvgIpc) is 2.63. The lowest BCUT2D eigenvalue weighted by Crippen LogP contribution is -2.10. The molecule has 0 saturated carbocycles. The lowest BCUT2D eigenvalue weighted by Gasteiger charge is -2.19. The standard InChI is InChI=1S/C16H23N3O/c1-11-14(10-17)15(19(5)18-11)20-13-8-6-12(7-9-13)16(2,3)4/h6-9H,10,17H2,1-5H3. The molecule has 2 rings (SSSR count). The van der Waals surface area contributed by atoms with Crippen LogP contribution in [-0.4, -0.2) is 9.78 Å². The van der Waals surface area contributed by atoms with Crippen molar-refractivity contribution < 1.29 is 4.74 Å². The third-order valence-corrected chi connectivity index (χ3v) is 3.43. The van der Waals surface area contributed by atoms with E-state index in [9.17, 15) is 0 Å². The van der Waals surface area contributed by atoms with Gasteiger partial charge in [-0.3, -0.25) is 0 Å². The summed E-state index contributed by atoms with van der Waals surface area (Å²) in [5, 5.41) is 4.35. The Balaban J connectivity index is 2.27. The Hall–Kier alpha value is -1.81. The summed E-state index contributed by atoms with van der Waals surface area (Å²) in [5.41, 5.74) is 9.06. The molecule has 0 amide bonds. The summed E-state index contributed by atoms with van der Waals surface area (Å²) in [7, 11) is 1.87. The van der Waals surface area contributed by atoms with Crippen LogP contribution in [-0.2, 0) is 19.0 Å². The molecule has 0 fully saturated rings. The van der Waals surface area contributed by atoms with Gasteiger partial charge in [-0.25, -0.2) is 4.68 Å². The molecule has 20 heavy (non-hydrogen) atoms. The molecule has 0 radical (unpaired) electrons. The fourth-order valence-electron chi connectivity index (χ4n) is 2.18. The van der Waals surface area contributed by atoms with E-state index in [1.807, 2.05) is 26.1 Å². The SMILES string of the molecule is Cc1nn(C)c(Oc2ccc(C(C)(C)C)cc2)c1CN. The van der Waals surface area contributed by atoms with E-state index in [2.05, 4.69) is 38.0 Å². The molecule has 2 aromatic rings. The summed E-state index contributed by atoms with van der Waals surface area (Å²) in [6.45, 7) is 8.95. The smallest absolute Gasteiger partial charge is 0.222 e. The van der Waals surface area contributed by atoms with E-state index in [4.69, 9.17) is 10.5 Å². The lowest BCUT2D eigenvalue weighted by molar-refractivity contribution is 0.425. The highest BCUT2D eigenvalue weighted by Crippen LogP contribution is 2.29. The molecule has 0 saturated heterocycles. The van der Waals surface area contributed by atoms with Crippen molar-refractivity contribution in [1.82, 2.24) is 9.78 Å². The lowest BCUT2D eigenvalue weighted by atomic mass is 9.87. The summed E-state index contributed by atoms with van der Waals surface area (Å²) < 4.78 is 7.67. The van der Waals surface area contributed by atoms with Gasteiger partial charge in [0, 0.05) is 13.6 Å². The van der Waals surface area contributed by atoms with Crippen molar-refractivity contribution in [3.63, 3.8) is 0 Å². The van der Waals surface area contributed by atoms with E-state index in [-0.39, 0.29) is 5.41 Å². The molecule has 1 heterocycles. The maximum Gasteiger partial charge on any atom is 0.222 e. The topological polar surface area (TPSA) is 53.1 Å². The van der Waals surface area contributed by atoms with Crippen LogP contribution in [0.15, 0.2) is 24.3 Å². The van der Waals surface area contributed by atoms with Gasteiger partial charge in [-0.05, 0) is 30.0 Å². The van der Waals surface area contributed by atoms with Crippen LogP contribution in [0, 0.1) is 6.92 Å². The normalized spacial score (nSPS) is 11.7. The molecule has 0 aliphatic carbocycles. The Morgan fingerprint density at radius 1 is 1.20 bits per heavy atom. The van der Waals surface area contributed by atoms with Crippen molar-refractivity contribution in [1.29, 1.82) is 0 Å². The highest BCUT2D eigenvalue weighted by atomic mass is 16.5. The van der Waals surface area contributed by atoms with Crippen LogP contribution >= 0.6 is 0 Å². The first-order valence-corrected chi connectivity index (χ1v) is 6.84. The molecule has 4 heteroatoms. The van der Waals surface area contributed by atoms with E-state index in [1.165, 1.54) is 5.56 Å². The number of hydrogen-bond donors (Lipinski definition) is 1. The first-order chi connectivity index (χ1) is 9.32. The maximum absolute atomic E-state index is 5.94. The van der Waals surface area contributed by atoms with E-state index in [1.54, 1.807) is 4.68 Å². The molecule has 0 bridgehead atoms. The minimum absolute atomic E-state index is 0.143. The second-order valence-corrected chi connectivity index (χ2v) is 6.07. The molecule has 2 N–H and O–H groups in total. The van der Waals surface area contributed by atoms with Crippen molar-refractivity contribution in [2.24, 2.45) is 12.8 Å². The fourth-order valence-corrected chi connectivity index (χ4v) is 2.18. The van der Waals surface area contributed by atoms with Gasteiger partial charge in [-0.15, -0.1) is 0 Å². The number of ether oxygens (including phenoxy) is 1. The Morgan fingerprint density at radius 2 is 1.80 bits per heavy atom. The molecule has 0 spiro atoms. The van der Waals surface area contributed by atoms with Crippen molar-refractivity contribution in [2.75, 3.05) is 0 Å². The molecule has 1 aromatic carbocycles. The van der Waals surface area contributed by atoms with Crippen molar-refractivity contribution in [2.45, 2.75) is 39.7 Å². The number of benzene rings is 1. The van der Waals surface area contributed by atoms with E-state index in [0.717, 1.165) is 17.0 Å². The monoisotopic (exact) mass is 273 g/mol. The highest BCUT2D eigenvalue weighted by molar-refractivity contribution is 5.37. The zero-order valence-corrected chi connectivity index (χ0v) is 12.9. The zero-order valence-electron chi connectivity index (χ0n) is 12.9. The largest absolute Gasteiger partial charge is 0.439 e. The van der Waals surface area contributed by atoms with Crippen molar-refractivity contribution in [3.8, 4) is 11.6 Å². The third kappa shape index (κ3) is 2.85. The predicted octanol–water partition coefficient (Wildman–Crippen LogP) is 3.28. The van der Waals surface area contributed by atoms with E-state index >= 15 is 0 Å². The molecule has 0 unspecified atom stereocenters. The summed E-state index contributed by atoms with van der Waals surface area (Å²) in [4.78, 5) is 0. The first-order valence-electron chi connectivity index (χ1n) is 6.84. The molecule has 0 atom stereocenters. The summed E-state index contributed by atoms with van der Waals surface area (Å²) in [6, 6.07) is 8.17. The maximum atomic E-state index is 5.94. The highest BCUT2D eigenvalue weighted by Gasteiger charge is 2.16.